The number of hydrogen-bond acceptors (Lipinski definition) is 7. The first-order valence-corrected chi connectivity index (χ1v) is 11.9. The molecular weight excluding hydrogens is 525 g/mol. The van der Waals surface area contributed by atoms with E-state index in [4.69, 9.17) is 14.5 Å². The summed E-state index contributed by atoms with van der Waals surface area (Å²) >= 11 is 3.80. The Kier molecular flexibility index (Phi) is 6.60. The molecule has 0 unspecified atom stereocenters. The maximum Gasteiger partial charge on any atom is 0.349 e. The van der Waals surface area contributed by atoms with Crippen LogP contribution >= 0.6 is 35.6 Å². The van der Waals surface area contributed by atoms with E-state index >= 15 is 0 Å². The molecule has 4 aromatic rings. The number of aldehydes is 1. The number of carbonyl (C=O) groups excluding carboxylic acids is 1. The third-order valence-corrected chi connectivity index (χ3v) is 7.80. The van der Waals surface area contributed by atoms with Crippen LogP contribution in [-0.2, 0) is 12.3 Å². The molecule has 0 aliphatic heterocycles. The number of ether oxygens (including phenoxy) is 1. The Labute approximate surface area is 194 Å². The van der Waals surface area contributed by atoms with Gasteiger partial charge in [0.1, 0.15) is 18.6 Å². The van der Waals surface area contributed by atoms with E-state index in [0.717, 1.165) is 11.1 Å². The molecule has 0 amide bonds. The standard InChI is InChI=1S/C21H14BrF2N2O4PS/c22-17-15-8-13(10-27)9-16(18(15)32-19(17)21(23,24)31(28)29)30-11-12-2-4-14(5-3-12)20-25-6-1-7-26-20/h1-10,28-29H,11H2. The number of hydrogen-bond donors (Lipinski definition) is 2. The van der Waals surface area contributed by atoms with Gasteiger partial charge in [-0.2, -0.15) is 8.78 Å². The second-order valence-electron chi connectivity index (χ2n) is 6.65. The fraction of sp³-hybridized carbons (Fsp3) is 0.0952. The summed E-state index contributed by atoms with van der Waals surface area (Å²) in [5, 5.41) is 0.331. The van der Waals surface area contributed by atoms with E-state index < -0.39 is 18.9 Å². The number of rotatable bonds is 7. The molecule has 0 aliphatic carbocycles. The fourth-order valence-electron chi connectivity index (χ4n) is 2.98. The molecule has 164 valence electrons. The molecule has 0 saturated heterocycles. The van der Waals surface area contributed by atoms with Gasteiger partial charge < -0.3 is 14.5 Å². The summed E-state index contributed by atoms with van der Waals surface area (Å²) in [4.78, 5) is 37.6. The Hall–Kier alpha value is -2.36. The summed E-state index contributed by atoms with van der Waals surface area (Å²) in [6.07, 6.45) is 3.89. The fourth-order valence-corrected chi connectivity index (χ4v) is 5.76. The van der Waals surface area contributed by atoms with Gasteiger partial charge in [-0.25, -0.2) is 9.97 Å². The number of carbonyl (C=O) groups is 1. The summed E-state index contributed by atoms with van der Waals surface area (Å²) in [6.45, 7) is 0.126. The second-order valence-corrected chi connectivity index (χ2v) is 9.60. The third-order valence-electron chi connectivity index (χ3n) is 4.55. The molecule has 6 nitrogen and oxygen atoms in total. The number of aromatic nitrogens is 2. The molecular formula is C21H14BrF2N2O4PS. The van der Waals surface area contributed by atoms with Crippen molar-refractivity contribution in [2.75, 3.05) is 0 Å². The molecule has 0 spiro atoms. The van der Waals surface area contributed by atoms with Gasteiger partial charge >= 0.3 is 5.66 Å². The van der Waals surface area contributed by atoms with Crippen molar-refractivity contribution in [1.29, 1.82) is 0 Å². The highest BCUT2D eigenvalue weighted by atomic mass is 79.9. The lowest BCUT2D eigenvalue weighted by Crippen LogP contribution is -2.08. The largest absolute Gasteiger partial charge is 0.487 e. The molecule has 0 fully saturated rings. The van der Waals surface area contributed by atoms with Crippen molar-refractivity contribution < 1.29 is 28.1 Å². The van der Waals surface area contributed by atoms with E-state index in [-0.39, 0.29) is 22.4 Å². The average Bonchev–Trinajstić information content (AvgIpc) is 3.15. The minimum Gasteiger partial charge on any atom is -0.487 e. The first-order valence-electron chi connectivity index (χ1n) is 9.08. The topological polar surface area (TPSA) is 92.5 Å². The van der Waals surface area contributed by atoms with Gasteiger partial charge in [-0.15, -0.1) is 11.3 Å². The molecule has 2 aromatic carbocycles. The smallest absolute Gasteiger partial charge is 0.349 e. The van der Waals surface area contributed by atoms with Gasteiger partial charge in [0.15, 0.2) is 5.82 Å². The van der Waals surface area contributed by atoms with E-state index in [2.05, 4.69) is 25.9 Å². The van der Waals surface area contributed by atoms with Gasteiger partial charge in [0.2, 0.25) is 8.38 Å². The molecule has 0 bridgehead atoms. The molecule has 0 saturated carbocycles. The van der Waals surface area contributed by atoms with E-state index in [0.29, 0.717) is 33.5 Å². The zero-order chi connectivity index (χ0) is 22.9. The maximum atomic E-state index is 14.3. The van der Waals surface area contributed by atoms with Crippen molar-refractivity contribution in [2.45, 2.75) is 12.3 Å². The van der Waals surface area contributed by atoms with Crippen LogP contribution in [0.3, 0.4) is 0 Å². The first kappa shape index (κ1) is 22.8. The Morgan fingerprint density at radius 1 is 1.16 bits per heavy atom. The number of thiophene rings is 1. The number of halogens is 3. The van der Waals surface area contributed by atoms with Crippen molar-refractivity contribution in [1.82, 2.24) is 9.97 Å². The van der Waals surface area contributed by atoms with Crippen LogP contribution in [-0.4, -0.2) is 26.0 Å². The van der Waals surface area contributed by atoms with Gasteiger partial charge in [-0.05, 0) is 39.7 Å². The number of nitrogens with zero attached hydrogens (tertiary/aromatic N) is 2. The Morgan fingerprint density at radius 2 is 1.84 bits per heavy atom. The van der Waals surface area contributed by atoms with Gasteiger partial charge in [0.05, 0.1) is 9.58 Å². The van der Waals surface area contributed by atoms with Crippen LogP contribution in [0.25, 0.3) is 21.5 Å². The monoisotopic (exact) mass is 538 g/mol. The Morgan fingerprint density at radius 3 is 2.47 bits per heavy atom. The highest BCUT2D eigenvalue weighted by molar-refractivity contribution is 9.10. The molecule has 0 radical (unpaired) electrons. The summed E-state index contributed by atoms with van der Waals surface area (Å²) in [7, 11) is -3.53. The minimum absolute atomic E-state index is 0.00105. The van der Waals surface area contributed by atoms with Gasteiger partial charge in [-0.3, -0.25) is 4.79 Å². The quantitative estimate of drug-likeness (QED) is 0.226. The summed E-state index contributed by atoms with van der Waals surface area (Å²) in [6, 6.07) is 12.0. The second kappa shape index (κ2) is 9.25. The van der Waals surface area contributed by atoms with E-state index in [1.54, 1.807) is 18.5 Å². The first-order chi connectivity index (χ1) is 15.3. The highest BCUT2D eigenvalue weighted by Crippen LogP contribution is 2.58. The predicted molar refractivity (Wildman–Crippen MR) is 122 cm³/mol. The van der Waals surface area contributed by atoms with Crippen LogP contribution in [0.5, 0.6) is 5.75 Å². The number of alkyl halides is 2. The van der Waals surface area contributed by atoms with Gasteiger partial charge in [0.25, 0.3) is 0 Å². The highest BCUT2D eigenvalue weighted by Gasteiger charge is 2.45. The maximum absolute atomic E-state index is 14.3. The average molecular weight is 539 g/mol. The zero-order valence-electron chi connectivity index (χ0n) is 16.1. The Balaban J connectivity index is 1.64. The van der Waals surface area contributed by atoms with E-state index in [9.17, 15) is 13.6 Å². The van der Waals surface area contributed by atoms with Crippen LogP contribution in [0, 0.1) is 0 Å². The van der Waals surface area contributed by atoms with Crippen molar-refractivity contribution in [3.05, 3.63) is 75.3 Å². The number of fused-ring (bicyclic) bond motifs is 1. The molecule has 2 heterocycles. The van der Waals surface area contributed by atoms with E-state index in [1.807, 2.05) is 24.3 Å². The predicted octanol–water partition coefficient (Wildman–Crippen LogP) is 5.86. The van der Waals surface area contributed by atoms with Crippen LogP contribution in [0.4, 0.5) is 8.78 Å². The minimum atomic E-state index is -3.83. The summed E-state index contributed by atoms with van der Waals surface area (Å²) < 4.78 is 34.9. The van der Waals surface area contributed by atoms with Crippen LogP contribution < -0.4 is 4.74 Å². The summed E-state index contributed by atoms with van der Waals surface area (Å²) in [5.74, 6) is 0.831. The number of benzene rings is 2. The normalized spacial score (nSPS) is 11.8. The zero-order valence-corrected chi connectivity index (χ0v) is 19.4. The van der Waals surface area contributed by atoms with Crippen molar-refractivity contribution >= 4 is 52.0 Å². The third kappa shape index (κ3) is 4.42. The summed E-state index contributed by atoms with van der Waals surface area (Å²) in [5.41, 5.74) is -1.94. The van der Waals surface area contributed by atoms with Crippen molar-refractivity contribution in [3.63, 3.8) is 0 Å². The van der Waals surface area contributed by atoms with Gasteiger partial charge in [0, 0.05) is 33.4 Å². The lowest BCUT2D eigenvalue weighted by atomic mass is 10.1. The molecule has 0 aliphatic rings. The molecule has 2 N–H and O–H groups in total. The lowest BCUT2D eigenvalue weighted by molar-refractivity contribution is 0.0766. The van der Waals surface area contributed by atoms with Gasteiger partial charge in [-0.1, -0.05) is 24.3 Å². The van der Waals surface area contributed by atoms with Crippen molar-refractivity contribution in [3.8, 4) is 17.1 Å². The van der Waals surface area contributed by atoms with Crippen LogP contribution in [0.15, 0.2) is 59.3 Å². The lowest BCUT2D eigenvalue weighted by Gasteiger charge is -2.15. The molecule has 32 heavy (non-hydrogen) atoms. The van der Waals surface area contributed by atoms with Crippen LogP contribution in [0.1, 0.15) is 20.8 Å². The van der Waals surface area contributed by atoms with Crippen molar-refractivity contribution in [2.24, 2.45) is 0 Å². The Bertz CT molecular complexity index is 1270. The SMILES string of the molecule is O=Cc1cc(OCc2ccc(-c3ncccn3)cc2)c2sc(C(F)(F)P(O)O)c(Br)c2c1. The van der Waals surface area contributed by atoms with E-state index in [1.165, 1.54) is 12.1 Å². The molecule has 11 heteroatoms. The van der Waals surface area contributed by atoms with Crippen LogP contribution in [0.2, 0.25) is 0 Å². The molecule has 2 aromatic heterocycles. The molecule has 0 atom stereocenters. The molecule has 4 rings (SSSR count).